The van der Waals surface area contributed by atoms with E-state index in [1.54, 1.807) is 44.2 Å². The van der Waals surface area contributed by atoms with E-state index < -0.39 is 12.0 Å². The second-order valence-corrected chi connectivity index (χ2v) is 9.26. The van der Waals surface area contributed by atoms with Crippen molar-refractivity contribution in [1.82, 2.24) is 4.57 Å². The number of esters is 1. The summed E-state index contributed by atoms with van der Waals surface area (Å²) in [5, 5.41) is 0.603. The summed E-state index contributed by atoms with van der Waals surface area (Å²) in [6.45, 7) is 3.63. The number of hydrogen-bond donors (Lipinski definition) is 0. The highest BCUT2D eigenvalue weighted by Crippen LogP contribution is 2.42. The smallest absolute Gasteiger partial charge is 0.338 e. The molecule has 0 radical (unpaired) electrons. The molecule has 1 unspecified atom stereocenters. The van der Waals surface area contributed by atoms with Crippen LogP contribution in [0, 0.1) is 0 Å². The monoisotopic (exact) mass is 528 g/mol. The SMILES string of the molecule is CCOC(=O)C1=C(C)N=c2s/c(=C\c3ccc(Cl)cc3)c(=O)n2C1c1cc(OC)c(OC)c(OC)c1. The van der Waals surface area contributed by atoms with Gasteiger partial charge in [0.15, 0.2) is 16.3 Å². The molecule has 10 heteroatoms. The van der Waals surface area contributed by atoms with Gasteiger partial charge in [-0.1, -0.05) is 35.1 Å². The lowest BCUT2D eigenvalue weighted by molar-refractivity contribution is -0.139. The number of fused-ring (bicyclic) bond motifs is 1. The van der Waals surface area contributed by atoms with E-state index in [1.165, 1.54) is 37.2 Å². The van der Waals surface area contributed by atoms with Gasteiger partial charge in [0.2, 0.25) is 5.75 Å². The fourth-order valence-electron chi connectivity index (χ4n) is 4.08. The molecule has 0 bridgehead atoms. The number of hydrogen-bond acceptors (Lipinski definition) is 8. The highest BCUT2D eigenvalue weighted by molar-refractivity contribution is 7.07. The third-order valence-electron chi connectivity index (χ3n) is 5.69. The topological polar surface area (TPSA) is 88.4 Å². The summed E-state index contributed by atoms with van der Waals surface area (Å²) in [7, 11) is 4.52. The molecule has 0 N–H and O–H groups in total. The van der Waals surface area contributed by atoms with Gasteiger partial charge in [0, 0.05) is 5.02 Å². The maximum absolute atomic E-state index is 13.7. The number of benzene rings is 2. The molecular weight excluding hydrogens is 504 g/mol. The molecule has 0 fully saturated rings. The Morgan fingerprint density at radius 3 is 2.31 bits per heavy atom. The third kappa shape index (κ3) is 4.64. The van der Waals surface area contributed by atoms with Gasteiger partial charge in [-0.3, -0.25) is 9.36 Å². The molecule has 0 amide bonds. The molecule has 0 aliphatic carbocycles. The van der Waals surface area contributed by atoms with E-state index in [0.29, 0.717) is 42.9 Å². The number of carbonyl (C=O) groups excluding carboxylic acids is 1. The average Bonchev–Trinajstić information content (AvgIpc) is 3.17. The van der Waals surface area contributed by atoms with Gasteiger partial charge in [-0.05, 0) is 55.3 Å². The van der Waals surface area contributed by atoms with Crippen molar-refractivity contribution in [2.24, 2.45) is 4.99 Å². The molecule has 1 aliphatic heterocycles. The van der Waals surface area contributed by atoms with Crippen LogP contribution in [0.25, 0.3) is 6.08 Å². The Balaban J connectivity index is 2.01. The lowest BCUT2D eigenvalue weighted by Gasteiger charge is -2.26. The number of halogens is 1. The predicted molar refractivity (Wildman–Crippen MR) is 138 cm³/mol. The molecule has 0 saturated heterocycles. The van der Waals surface area contributed by atoms with Crippen molar-refractivity contribution in [2.75, 3.05) is 27.9 Å². The molecule has 2 aromatic carbocycles. The van der Waals surface area contributed by atoms with Gasteiger partial charge in [-0.25, -0.2) is 9.79 Å². The fourth-order valence-corrected chi connectivity index (χ4v) is 5.25. The van der Waals surface area contributed by atoms with Crippen LogP contribution in [0.2, 0.25) is 5.02 Å². The van der Waals surface area contributed by atoms with Gasteiger partial charge >= 0.3 is 5.97 Å². The van der Waals surface area contributed by atoms with Crippen LogP contribution in [0.1, 0.15) is 31.0 Å². The van der Waals surface area contributed by atoms with Crippen molar-refractivity contribution in [1.29, 1.82) is 0 Å². The van der Waals surface area contributed by atoms with Crippen molar-refractivity contribution in [3.05, 3.63) is 83.5 Å². The molecule has 1 atom stereocenters. The summed E-state index contributed by atoms with van der Waals surface area (Å²) in [6.07, 6.45) is 1.77. The summed E-state index contributed by atoms with van der Waals surface area (Å²) in [5.74, 6) is 0.641. The Morgan fingerprint density at radius 1 is 1.11 bits per heavy atom. The van der Waals surface area contributed by atoms with E-state index in [2.05, 4.69) is 4.99 Å². The third-order valence-corrected chi connectivity index (χ3v) is 6.92. The van der Waals surface area contributed by atoms with Gasteiger partial charge in [-0.2, -0.15) is 0 Å². The van der Waals surface area contributed by atoms with E-state index in [-0.39, 0.29) is 17.7 Å². The minimum absolute atomic E-state index is 0.179. The fraction of sp³-hybridized carbons (Fsp3) is 0.269. The van der Waals surface area contributed by atoms with Crippen molar-refractivity contribution >= 4 is 35.0 Å². The average molecular weight is 529 g/mol. The Morgan fingerprint density at radius 2 is 1.75 bits per heavy atom. The first kappa shape index (κ1) is 25.5. The summed E-state index contributed by atoms with van der Waals surface area (Å²) < 4.78 is 23.8. The highest BCUT2D eigenvalue weighted by atomic mass is 35.5. The van der Waals surface area contributed by atoms with Crippen molar-refractivity contribution in [2.45, 2.75) is 19.9 Å². The van der Waals surface area contributed by atoms with Crippen molar-refractivity contribution in [3.8, 4) is 17.2 Å². The molecule has 3 aromatic rings. The Bertz CT molecular complexity index is 1500. The molecule has 8 nitrogen and oxygen atoms in total. The number of methoxy groups -OCH3 is 3. The van der Waals surface area contributed by atoms with E-state index in [9.17, 15) is 9.59 Å². The van der Waals surface area contributed by atoms with Gasteiger partial charge in [-0.15, -0.1) is 0 Å². The maximum Gasteiger partial charge on any atom is 0.338 e. The number of carbonyl (C=O) groups is 1. The zero-order chi connectivity index (χ0) is 26.0. The lowest BCUT2D eigenvalue weighted by atomic mass is 9.95. The number of rotatable bonds is 7. The van der Waals surface area contributed by atoms with Crippen LogP contribution in [-0.2, 0) is 9.53 Å². The lowest BCUT2D eigenvalue weighted by Crippen LogP contribution is -2.40. The first-order valence-electron chi connectivity index (χ1n) is 11.1. The maximum atomic E-state index is 13.7. The largest absolute Gasteiger partial charge is 0.493 e. The van der Waals surface area contributed by atoms with Gasteiger partial charge in [0.1, 0.15) is 0 Å². The number of allylic oxidation sites excluding steroid dienone is 1. The van der Waals surface area contributed by atoms with E-state index >= 15 is 0 Å². The highest BCUT2D eigenvalue weighted by Gasteiger charge is 2.34. The van der Waals surface area contributed by atoms with Crippen LogP contribution in [-0.4, -0.2) is 38.5 Å². The molecule has 4 rings (SSSR count). The first-order valence-corrected chi connectivity index (χ1v) is 12.3. The summed E-state index contributed by atoms with van der Waals surface area (Å²) >= 11 is 7.24. The molecule has 0 spiro atoms. The standard InChI is InChI=1S/C26H25ClN2O6S/c1-6-35-25(31)21-14(2)28-26-29(24(30)20(36-26)11-15-7-9-17(27)10-8-15)22(21)16-12-18(32-3)23(34-5)19(13-16)33-4/h7-13,22H,6H2,1-5H3/b20-11-. The quantitative estimate of drug-likeness (QED) is 0.436. The summed E-state index contributed by atoms with van der Waals surface area (Å²) in [5.41, 5.74) is 1.83. The van der Waals surface area contributed by atoms with Gasteiger partial charge in [0.25, 0.3) is 5.56 Å². The van der Waals surface area contributed by atoms with Crippen LogP contribution < -0.4 is 29.1 Å². The Labute approximate surface area is 216 Å². The van der Waals surface area contributed by atoms with Crippen LogP contribution in [0.15, 0.2) is 57.5 Å². The molecule has 1 aromatic heterocycles. The van der Waals surface area contributed by atoms with Crippen LogP contribution >= 0.6 is 22.9 Å². The molecule has 188 valence electrons. The molecular formula is C26H25ClN2O6S. The van der Waals surface area contributed by atoms with Crippen LogP contribution in [0.5, 0.6) is 17.2 Å². The molecule has 2 heterocycles. The van der Waals surface area contributed by atoms with E-state index in [4.69, 9.17) is 30.5 Å². The Kier molecular flexibility index (Phi) is 7.51. The second kappa shape index (κ2) is 10.6. The van der Waals surface area contributed by atoms with Gasteiger partial charge < -0.3 is 18.9 Å². The predicted octanol–water partition coefficient (Wildman–Crippen LogP) is 3.48. The minimum atomic E-state index is -0.818. The van der Waals surface area contributed by atoms with E-state index in [1.807, 2.05) is 12.1 Å². The van der Waals surface area contributed by atoms with Crippen molar-refractivity contribution < 1.29 is 23.7 Å². The zero-order valence-electron chi connectivity index (χ0n) is 20.5. The molecule has 1 aliphatic rings. The second-order valence-electron chi connectivity index (χ2n) is 7.81. The molecule has 36 heavy (non-hydrogen) atoms. The number of nitrogens with zero attached hydrogens (tertiary/aromatic N) is 2. The van der Waals surface area contributed by atoms with Gasteiger partial charge in [0.05, 0.1) is 49.8 Å². The summed E-state index contributed by atoms with van der Waals surface area (Å²) in [4.78, 5) is 31.9. The summed E-state index contributed by atoms with van der Waals surface area (Å²) in [6, 6.07) is 9.79. The van der Waals surface area contributed by atoms with Crippen molar-refractivity contribution in [3.63, 3.8) is 0 Å². The van der Waals surface area contributed by atoms with Crippen LogP contribution in [0.3, 0.4) is 0 Å². The number of ether oxygens (including phenoxy) is 4. The zero-order valence-corrected chi connectivity index (χ0v) is 22.0. The normalized spacial score (nSPS) is 15.3. The van der Waals surface area contributed by atoms with Crippen LogP contribution in [0.4, 0.5) is 0 Å². The minimum Gasteiger partial charge on any atom is -0.493 e. The number of thiazole rings is 1. The molecule has 0 saturated carbocycles. The number of aromatic nitrogens is 1. The Hall–Kier alpha value is -3.56. The first-order chi connectivity index (χ1) is 17.3. The van der Waals surface area contributed by atoms with E-state index in [0.717, 1.165) is 5.56 Å².